The number of halogens is 3. The number of ether oxygens (including phenoxy) is 2. The predicted octanol–water partition coefficient (Wildman–Crippen LogP) is 6.04. The Hall–Kier alpha value is -3.66. The second kappa shape index (κ2) is 16.6. The van der Waals surface area contributed by atoms with E-state index < -0.39 is 33.7 Å². The van der Waals surface area contributed by atoms with E-state index in [4.69, 9.17) is 14.0 Å². The number of likely N-dealkylation sites (N-methyl/N-ethyl adjacent to an activating group) is 1. The molecule has 2 heterocycles. The van der Waals surface area contributed by atoms with Crippen LogP contribution < -0.4 is 9.46 Å². The van der Waals surface area contributed by atoms with Crippen molar-refractivity contribution in [2.75, 3.05) is 38.1 Å². The molecule has 0 saturated heterocycles. The van der Waals surface area contributed by atoms with Crippen molar-refractivity contribution < 1.29 is 45.5 Å². The Morgan fingerprint density at radius 2 is 1.82 bits per heavy atom. The summed E-state index contributed by atoms with van der Waals surface area (Å²) in [6.07, 6.45) is -2.84. The maximum Gasteiger partial charge on any atom is 0.416 e. The van der Waals surface area contributed by atoms with Crippen LogP contribution in [-0.4, -0.2) is 86.0 Å². The number of amides is 1. The Morgan fingerprint density at radius 3 is 2.44 bits per heavy atom. The second-order valence-corrected chi connectivity index (χ2v) is 14.8. The number of sulfonamides is 1. The molecule has 4 rings (SSSR count). The molecule has 0 radical (unpaired) electrons. The van der Waals surface area contributed by atoms with Crippen LogP contribution in [0.5, 0.6) is 5.75 Å². The van der Waals surface area contributed by atoms with E-state index >= 15 is 0 Å². The molecule has 2 aromatic carbocycles. The molecule has 3 aromatic rings. The van der Waals surface area contributed by atoms with Gasteiger partial charge in [0.15, 0.2) is 10.7 Å². The van der Waals surface area contributed by atoms with Crippen molar-refractivity contribution in [3.05, 3.63) is 70.6 Å². The third kappa shape index (κ3) is 9.98. The molecule has 276 valence electrons. The Labute approximate surface area is 291 Å². The fraction of sp³-hybridized carbons (Fsp3) is 0.543. The quantitative estimate of drug-likeness (QED) is 0.271. The number of aromatic nitrogens is 1. The van der Waals surface area contributed by atoms with Crippen molar-refractivity contribution in [2.24, 2.45) is 5.92 Å². The number of nitrogens with one attached hydrogen (secondary N) is 1. The van der Waals surface area contributed by atoms with Crippen molar-refractivity contribution in [1.29, 1.82) is 0 Å². The molecule has 0 saturated carbocycles. The molecule has 0 unspecified atom stereocenters. The van der Waals surface area contributed by atoms with Gasteiger partial charge in [-0.1, -0.05) is 24.2 Å². The average Bonchev–Trinajstić information content (AvgIpc) is 3.40. The SMILES string of the molecule is Cc1noc(C)c1S(=O)(=O)Nc1ccc2c(c1)C(=O)N([C@@H](C)CO)C[C@H](C)[C@H](CN(C)Cc1ccc(C(F)(F)F)cc1)OCCCC[C@H](C)O2. The van der Waals surface area contributed by atoms with Gasteiger partial charge in [0, 0.05) is 37.8 Å². The van der Waals surface area contributed by atoms with Crippen molar-refractivity contribution in [1.82, 2.24) is 15.0 Å². The zero-order valence-corrected chi connectivity index (χ0v) is 30.1. The van der Waals surface area contributed by atoms with Crippen molar-refractivity contribution >= 4 is 21.6 Å². The van der Waals surface area contributed by atoms with Gasteiger partial charge in [0.25, 0.3) is 15.9 Å². The number of carbonyl (C=O) groups is 1. The number of rotatable bonds is 9. The van der Waals surface area contributed by atoms with Crippen LogP contribution in [0.2, 0.25) is 0 Å². The third-order valence-corrected chi connectivity index (χ3v) is 10.4. The molecule has 0 bridgehead atoms. The molecule has 1 aromatic heterocycles. The lowest BCUT2D eigenvalue weighted by Gasteiger charge is -2.36. The van der Waals surface area contributed by atoms with Gasteiger partial charge in [-0.05, 0) is 89.9 Å². The van der Waals surface area contributed by atoms with Crippen LogP contribution in [0.4, 0.5) is 18.9 Å². The standard InChI is InChI=1S/C35H47F3N4O7S/c1-22-18-42(23(2)21-43)34(44)30-17-29(40-50(45,46)33-25(4)39-49-26(33)5)14-15-31(30)48-24(3)9-7-8-16-47-32(22)20-41(6)19-27-10-12-28(13-11-27)35(36,37)38/h10-15,17,22-24,32,40,43H,7-9,16,18-21H2,1-6H3/t22-,23-,24-,32-/m0/s1. The molecule has 50 heavy (non-hydrogen) atoms. The number of benzene rings is 2. The minimum Gasteiger partial charge on any atom is -0.490 e. The smallest absolute Gasteiger partial charge is 0.416 e. The van der Waals surface area contributed by atoms with Crippen LogP contribution in [0.3, 0.4) is 0 Å². The lowest BCUT2D eigenvalue weighted by molar-refractivity contribution is -0.137. The van der Waals surface area contributed by atoms with Gasteiger partial charge >= 0.3 is 6.18 Å². The van der Waals surface area contributed by atoms with Gasteiger partial charge in [-0.3, -0.25) is 14.4 Å². The molecule has 1 aliphatic heterocycles. The number of fused-ring (bicyclic) bond motifs is 1. The molecule has 0 fully saturated rings. The van der Waals surface area contributed by atoms with E-state index in [1.807, 2.05) is 25.8 Å². The van der Waals surface area contributed by atoms with Gasteiger partial charge in [-0.25, -0.2) is 8.42 Å². The van der Waals surface area contributed by atoms with Crippen LogP contribution in [0, 0.1) is 19.8 Å². The maximum absolute atomic E-state index is 14.4. The second-order valence-electron chi connectivity index (χ2n) is 13.2. The van der Waals surface area contributed by atoms with Crippen molar-refractivity contribution in [2.45, 2.75) is 89.7 Å². The predicted molar refractivity (Wildman–Crippen MR) is 181 cm³/mol. The average molecular weight is 725 g/mol. The van der Waals surface area contributed by atoms with Gasteiger partial charge in [-0.2, -0.15) is 13.2 Å². The molecule has 0 spiro atoms. The first-order chi connectivity index (χ1) is 23.5. The molecule has 2 N–H and O–H groups in total. The minimum atomic E-state index is -4.41. The van der Waals surface area contributed by atoms with Crippen LogP contribution >= 0.6 is 0 Å². The van der Waals surface area contributed by atoms with Crippen LogP contribution in [0.25, 0.3) is 0 Å². The molecule has 1 aliphatic rings. The zero-order chi connectivity index (χ0) is 36.8. The summed E-state index contributed by atoms with van der Waals surface area (Å²) in [4.78, 5) is 17.8. The molecule has 15 heteroatoms. The number of aliphatic hydroxyl groups is 1. The van der Waals surface area contributed by atoms with E-state index in [1.165, 1.54) is 43.0 Å². The lowest BCUT2D eigenvalue weighted by Crippen LogP contribution is -2.47. The monoisotopic (exact) mass is 724 g/mol. The molecule has 1 amide bonds. The minimum absolute atomic E-state index is 0.0903. The fourth-order valence-electron chi connectivity index (χ4n) is 6.00. The van der Waals surface area contributed by atoms with Crippen molar-refractivity contribution in [3.8, 4) is 5.75 Å². The van der Waals surface area contributed by atoms with E-state index in [1.54, 1.807) is 13.0 Å². The first-order valence-corrected chi connectivity index (χ1v) is 18.1. The Balaban J connectivity index is 1.62. The first-order valence-electron chi connectivity index (χ1n) is 16.6. The highest BCUT2D eigenvalue weighted by Crippen LogP contribution is 2.31. The Kier molecular flexibility index (Phi) is 13.0. The van der Waals surface area contributed by atoms with Crippen LogP contribution in [-0.2, 0) is 27.5 Å². The normalized spacial score (nSPS) is 20.6. The van der Waals surface area contributed by atoms with E-state index in [2.05, 4.69) is 9.88 Å². The van der Waals surface area contributed by atoms with Crippen LogP contribution in [0.15, 0.2) is 51.9 Å². The van der Waals surface area contributed by atoms with Gasteiger partial charge in [-0.15, -0.1) is 0 Å². The highest BCUT2D eigenvalue weighted by atomic mass is 32.2. The van der Waals surface area contributed by atoms with Gasteiger partial charge in [0.1, 0.15) is 11.4 Å². The summed E-state index contributed by atoms with van der Waals surface area (Å²) < 4.78 is 86.0. The summed E-state index contributed by atoms with van der Waals surface area (Å²) in [7, 11) is -2.25. The molecule has 4 atom stereocenters. The van der Waals surface area contributed by atoms with Crippen LogP contribution in [0.1, 0.15) is 73.0 Å². The Bertz CT molecular complexity index is 1680. The largest absolute Gasteiger partial charge is 0.490 e. The molecular weight excluding hydrogens is 677 g/mol. The van der Waals surface area contributed by atoms with E-state index in [9.17, 15) is 31.5 Å². The van der Waals surface area contributed by atoms with Crippen molar-refractivity contribution in [3.63, 3.8) is 0 Å². The Morgan fingerprint density at radius 1 is 1.12 bits per heavy atom. The third-order valence-electron chi connectivity index (χ3n) is 8.77. The number of aryl methyl sites for hydroxylation is 2. The maximum atomic E-state index is 14.4. The van der Waals surface area contributed by atoms with Gasteiger partial charge in [0.05, 0.1) is 36.0 Å². The number of carbonyl (C=O) groups excluding carboxylic acids is 1. The summed E-state index contributed by atoms with van der Waals surface area (Å²) in [5, 5.41) is 14.0. The number of nitrogens with zero attached hydrogens (tertiary/aromatic N) is 3. The summed E-state index contributed by atoms with van der Waals surface area (Å²) in [6.45, 7) is 9.70. The fourth-order valence-corrected chi connectivity index (χ4v) is 7.38. The number of anilines is 1. The number of hydrogen-bond donors (Lipinski definition) is 2. The summed E-state index contributed by atoms with van der Waals surface area (Å²) in [5.74, 6) is -0.296. The summed E-state index contributed by atoms with van der Waals surface area (Å²) in [6, 6.07) is 8.97. The van der Waals surface area contributed by atoms with E-state index in [-0.39, 0.29) is 64.6 Å². The summed E-state index contributed by atoms with van der Waals surface area (Å²) >= 11 is 0. The molecular formula is C35H47F3N4O7S. The summed E-state index contributed by atoms with van der Waals surface area (Å²) in [5.41, 5.74) is 0.453. The topological polar surface area (TPSA) is 134 Å². The molecule has 11 nitrogen and oxygen atoms in total. The molecule has 0 aliphatic carbocycles. The number of hydrogen-bond acceptors (Lipinski definition) is 9. The highest BCUT2D eigenvalue weighted by molar-refractivity contribution is 7.92. The first kappa shape index (κ1) is 39.1. The van der Waals surface area contributed by atoms with E-state index in [0.717, 1.165) is 25.0 Å². The zero-order valence-electron chi connectivity index (χ0n) is 29.3. The lowest BCUT2D eigenvalue weighted by atomic mass is 10.0. The van der Waals surface area contributed by atoms with Gasteiger partial charge in [0.2, 0.25) is 0 Å². The number of alkyl halides is 3. The highest BCUT2D eigenvalue weighted by Gasteiger charge is 2.32. The van der Waals surface area contributed by atoms with E-state index in [0.29, 0.717) is 31.7 Å². The number of aliphatic hydroxyl groups excluding tert-OH is 1. The van der Waals surface area contributed by atoms with Gasteiger partial charge < -0.3 is 24.0 Å².